The van der Waals surface area contributed by atoms with Gasteiger partial charge in [0.1, 0.15) is 0 Å². The highest BCUT2D eigenvalue weighted by Gasteiger charge is 2.23. The van der Waals surface area contributed by atoms with Gasteiger partial charge in [0.05, 0.1) is 5.38 Å². The molecule has 106 valence electrons. The predicted molar refractivity (Wildman–Crippen MR) is 77.3 cm³/mol. The van der Waals surface area contributed by atoms with Crippen molar-refractivity contribution in [1.82, 2.24) is 0 Å². The van der Waals surface area contributed by atoms with Crippen LogP contribution in [0.4, 0.5) is 0 Å². The first-order valence-corrected chi connectivity index (χ1v) is 7.70. The van der Waals surface area contributed by atoms with Crippen LogP contribution in [0, 0.1) is 5.92 Å². The van der Waals surface area contributed by atoms with Gasteiger partial charge in [-0.1, -0.05) is 33.1 Å². The van der Waals surface area contributed by atoms with Crippen molar-refractivity contribution >= 4 is 34.2 Å². The molecular formula is C14H24Cl2O2. The minimum atomic E-state index is -0.405. The van der Waals surface area contributed by atoms with Gasteiger partial charge in [-0.25, -0.2) is 0 Å². The molecule has 0 aromatic heterocycles. The zero-order chi connectivity index (χ0) is 14.0. The van der Waals surface area contributed by atoms with Gasteiger partial charge in [-0.3, -0.25) is 9.59 Å². The lowest BCUT2D eigenvalue weighted by Gasteiger charge is -2.16. The molecule has 0 radical (unpaired) electrons. The van der Waals surface area contributed by atoms with Crippen molar-refractivity contribution in [3.05, 3.63) is 0 Å². The average Bonchev–Trinajstić information content (AvgIpc) is 2.34. The number of hydrogen-bond acceptors (Lipinski definition) is 2. The highest BCUT2D eigenvalue weighted by Crippen LogP contribution is 2.21. The summed E-state index contributed by atoms with van der Waals surface area (Å²) in [7, 11) is 0. The smallest absolute Gasteiger partial charge is 0.221 e. The van der Waals surface area contributed by atoms with Crippen LogP contribution < -0.4 is 0 Å². The number of hydrogen-bond donors (Lipinski definition) is 0. The number of Topliss-reactive ketones (excluding diaryl/α,β-unsaturated/α-hetero) is 1. The number of carbonyl (C=O) groups is 2. The molecule has 0 spiro atoms. The average molecular weight is 295 g/mol. The van der Waals surface area contributed by atoms with Crippen LogP contribution in [0.15, 0.2) is 0 Å². The van der Waals surface area contributed by atoms with Gasteiger partial charge in [0.2, 0.25) is 5.24 Å². The zero-order valence-electron chi connectivity index (χ0n) is 11.4. The predicted octanol–water partition coefficient (Wildman–Crippen LogP) is 4.71. The Kier molecular flexibility index (Phi) is 10.8. The number of carbonyl (C=O) groups excluding carboxylic acids is 2. The fourth-order valence-electron chi connectivity index (χ4n) is 1.98. The Morgan fingerprint density at radius 1 is 1.06 bits per heavy atom. The maximum absolute atomic E-state index is 12.1. The molecule has 2 nitrogen and oxygen atoms in total. The quantitative estimate of drug-likeness (QED) is 0.314. The van der Waals surface area contributed by atoms with Gasteiger partial charge in [0.25, 0.3) is 0 Å². The van der Waals surface area contributed by atoms with E-state index in [1.165, 1.54) is 0 Å². The Morgan fingerprint density at radius 3 is 2.22 bits per heavy atom. The van der Waals surface area contributed by atoms with Crippen LogP contribution in [0.2, 0.25) is 0 Å². The van der Waals surface area contributed by atoms with Crippen molar-refractivity contribution in [2.24, 2.45) is 5.92 Å². The van der Waals surface area contributed by atoms with Crippen LogP contribution in [0.1, 0.15) is 65.2 Å². The first kappa shape index (κ1) is 17.9. The summed E-state index contributed by atoms with van der Waals surface area (Å²) in [6.45, 7) is 4.16. The van der Waals surface area contributed by atoms with E-state index in [9.17, 15) is 9.59 Å². The van der Waals surface area contributed by atoms with Crippen LogP contribution in [-0.2, 0) is 9.59 Å². The third-order valence-electron chi connectivity index (χ3n) is 3.19. The van der Waals surface area contributed by atoms with Crippen molar-refractivity contribution in [2.45, 2.75) is 70.6 Å². The highest BCUT2D eigenvalue weighted by molar-refractivity contribution is 6.63. The molecule has 0 amide bonds. The molecule has 0 aliphatic carbocycles. The lowest BCUT2D eigenvalue weighted by Crippen LogP contribution is -2.24. The van der Waals surface area contributed by atoms with Crippen LogP contribution >= 0.6 is 23.2 Å². The molecule has 0 aliphatic rings. The third kappa shape index (κ3) is 8.10. The third-order valence-corrected chi connectivity index (χ3v) is 3.81. The minimum Gasteiger partial charge on any atom is -0.298 e. The molecule has 0 bridgehead atoms. The van der Waals surface area contributed by atoms with Crippen molar-refractivity contribution < 1.29 is 9.59 Å². The van der Waals surface area contributed by atoms with E-state index < -0.39 is 5.38 Å². The summed E-state index contributed by atoms with van der Waals surface area (Å²) >= 11 is 11.4. The highest BCUT2D eigenvalue weighted by atomic mass is 35.5. The zero-order valence-corrected chi connectivity index (χ0v) is 12.9. The summed E-state index contributed by atoms with van der Waals surface area (Å²) in [6.07, 6.45) is 6.49. The first-order valence-electron chi connectivity index (χ1n) is 6.89. The van der Waals surface area contributed by atoms with Gasteiger partial charge in [-0.2, -0.15) is 0 Å². The number of alkyl halides is 1. The number of unbranched alkanes of at least 4 members (excludes halogenated alkanes) is 2. The second kappa shape index (κ2) is 10.8. The molecule has 4 heteroatoms. The fourth-order valence-corrected chi connectivity index (χ4v) is 2.45. The van der Waals surface area contributed by atoms with E-state index >= 15 is 0 Å². The SMILES string of the molecule is CCCCC(CC)C(=O)C(Cl)CCCCC(=O)Cl. The van der Waals surface area contributed by atoms with E-state index in [2.05, 4.69) is 6.92 Å². The summed E-state index contributed by atoms with van der Waals surface area (Å²) in [4.78, 5) is 22.6. The summed E-state index contributed by atoms with van der Waals surface area (Å²) in [5.41, 5.74) is 0. The van der Waals surface area contributed by atoms with Crippen LogP contribution in [0.3, 0.4) is 0 Å². The topological polar surface area (TPSA) is 34.1 Å². The van der Waals surface area contributed by atoms with Crippen LogP contribution in [-0.4, -0.2) is 16.4 Å². The Morgan fingerprint density at radius 2 is 1.72 bits per heavy atom. The Labute approximate surface area is 120 Å². The van der Waals surface area contributed by atoms with Crippen molar-refractivity contribution in [1.29, 1.82) is 0 Å². The van der Waals surface area contributed by atoms with Crippen LogP contribution in [0.5, 0.6) is 0 Å². The van der Waals surface area contributed by atoms with Crippen LogP contribution in [0.25, 0.3) is 0 Å². The molecule has 0 heterocycles. The largest absolute Gasteiger partial charge is 0.298 e. The van der Waals surface area contributed by atoms with E-state index in [4.69, 9.17) is 23.2 Å². The summed E-state index contributed by atoms with van der Waals surface area (Å²) < 4.78 is 0. The molecular weight excluding hydrogens is 271 g/mol. The van der Waals surface area contributed by atoms with Gasteiger partial charge in [0.15, 0.2) is 5.78 Å². The fraction of sp³-hybridized carbons (Fsp3) is 0.857. The van der Waals surface area contributed by atoms with Gasteiger partial charge in [-0.05, 0) is 37.3 Å². The van der Waals surface area contributed by atoms with Gasteiger partial charge < -0.3 is 0 Å². The molecule has 0 saturated heterocycles. The monoisotopic (exact) mass is 294 g/mol. The lowest BCUT2D eigenvalue weighted by molar-refractivity contribution is -0.123. The summed E-state index contributed by atoms with van der Waals surface area (Å²) in [5.74, 6) is 0.270. The van der Waals surface area contributed by atoms with E-state index in [1.54, 1.807) is 0 Å². The molecule has 0 N–H and O–H groups in total. The van der Waals surface area contributed by atoms with E-state index in [1.807, 2.05) is 6.92 Å². The molecule has 0 aliphatic heterocycles. The molecule has 0 rings (SSSR count). The molecule has 0 aromatic carbocycles. The molecule has 2 unspecified atom stereocenters. The molecule has 0 saturated carbocycles. The molecule has 0 aromatic rings. The minimum absolute atomic E-state index is 0.0992. The van der Waals surface area contributed by atoms with Gasteiger partial charge >= 0.3 is 0 Å². The number of halogens is 2. The summed E-state index contributed by atoms with van der Waals surface area (Å²) in [6, 6.07) is 0. The first-order chi connectivity index (χ1) is 8.52. The lowest BCUT2D eigenvalue weighted by atomic mass is 9.91. The molecule has 18 heavy (non-hydrogen) atoms. The maximum Gasteiger partial charge on any atom is 0.221 e. The Hall–Kier alpha value is -0.0800. The Balaban J connectivity index is 3.94. The summed E-state index contributed by atoms with van der Waals surface area (Å²) in [5, 5.41) is -0.723. The van der Waals surface area contributed by atoms with E-state index in [-0.39, 0.29) is 16.9 Å². The van der Waals surface area contributed by atoms with E-state index in [0.717, 1.165) is 32.1 Å². The van der Waals surface area contributed by atoms with E-state index in [0.29, 0.717) is 19.3 Å². The van der Waals surface area contributed by atoms with Gasteiger partial charge in [-0.15, -0.1) is 11.6 Å². The molecule has 2 atom stereocenters. The normalized spacial score (nSPS) is 14.2. The Bertz CT molecular complexity index is 254. The second-order valence-corrected chi connectivity index (χ2v) is 5.67. The van der Waals surface area contributed by atoms with Crippen molar-refractivity contribution in [3.8, 4) is 0 Å². The maximum atomic E-state index is 12.1. The second-order valence-electron chi connectivity index (χ2n) is 4.72. The van der Waals surface area contributed by atoms with Crippen molar-refractivity contribution in [2.75, 3.05) is 0 Å². The van der Waals surface area contributed by atoms with Crippen molar-refractivity contribution in [3.63, 3.8) is 0 Å². The number of rotatable bonds is 11. The van der Waals surface area contributed by atoms with Gasteiger partial charge in [0, 0.05) is 12.3 Å². The number of ketones is 1. The molecule has 0 fully saturated rings. The standard InChI is InChI=1S/C14H24Cl2O2/c1-3-5-8-11(4-2)14(18)12(15)9-6-7-10-13(16)17/h11-12H,3-10H2,1-2H3.